The molecule has 5 heteroatoms. The van der Waals surface area contributed by atoms with Crippen molar-refractivity contribution >= 4 is 7.28 Å². The summed E-state index contributed by atoms with van der Waals surface area (Å²) >= 11 is 0. The smallest absolute Gasteiger partial charge is 0.261 e. The van der Waals surface area contributed by atoms with Gasteiger partial charge in [-0.1, -0.05) is 0 Å². The summed E-state index contributed by atoms with van der Waals surface area (Å²) in [7, 11) is 1.95. The zero-order valence-corrected chi connectivity index (χ0v) is 9.92. The summed E-state index contributed by atoms with van der Waals surface area (Å²) in [6.45, 7) is 0. The Morgan fingerprint density at radius 1 is 0.588 bits per heavy atom. The van der Waals surface area contributed by atoms with Crippen molar-refractivity contribution in [3.05, 3.63) is 0 Å². The van der Waals surface area contributed by atoms with Gasteiger partial charge in [0.15, 0.2) is 0 Å². The third kappa shape index (κ3) is 2.14. The monoisotopic (exact) mass is 237 g/mol. The second kappa shape index (κ2) is 4.23. The fourth-order valence-corrected chi connectivity index (χ4v) is 3.43. The Morgan fingerprint density at radius 3 is 1.29 bits per heavy atom. The molecule has 4 heterocycles. The number of hydrogen-bond donors (Lipinski definition) is 0. The molecule has 0 aromatic heterocycles. The first-order chi connectivity index (χ1) is 8.35. The summed E-state index contributed by atoms with van der Waals surface area (Å²) in [5.41, 5.74) is 0. The summed E-state index contributed by atoms with van der Waals surface area (Å²) in [5, 5.41) is 0. The second-order valence-corrected chi connectivity index (χ2v) is 5.59. The first kappa shape index (κ1) is 10.8. The van der Waals surface area contributed by atoms with Crippen molar-refractivity contribution in [2.24, 2.45) is 0 Å². The summed E-state index contributed by atoms with van der Waals surface area (Å²) in [6.07, 6.45) is 7.33. The molecule has 4 saturated heterocycles. The molecule has 17 heavy (non-hydrogen) atoms. The number of hydrogen-bond acceptors (Lipinski definition) is 4. The predicted octanol–water partition coefficient (Wildman–Crippen LogP) is 1.19. The summed E-state index contributed by atoms with van der Waals surface area (Å²) in [6, 6.07) is 0. The van der Waals surface area contributed by atoms with Gasteiger partial charge in [0.25, 0.3) is 7.28 Å². The topological polar surface area (TPSA) is 36.9 Å². The second-order valence-electron chi connectivity index (χ2n) is 5.59. The van der Waals surface area contributed by atoms with Crippen LogP contribution in [0.3, 0.4) is 0 Å². The Kier molecular flexibility index (Phi) is 2.69. The van der Waals surface area contributed by atoms with Gasteiger partial charge in [-0.15, -0.1) is 0 Å². The first-order valence-electron chi connectivity index (χ1n) is 6.82. The molecule has 0 spiro atoms. The Bertz CT molecular complexity index is 248. The van der Waals surface area contributed by atoms with E-state index in [1.54, 1.807) is 0 Å². The molecule has 4 rings (SSSR count). The Hall–Kier alpha value is -0.0951. The molecule has 93 valence electrons. The van der Waals surface area contributed by atoms with Crippen LogP contribution in [0.2, 0.25) is 0 Å². The van der Waals surface area contributed by atoms with Gasteiger partial charge in [0, 0.05) is 0 Å². The van der Waals surface area contributed by atoms with Crippen LogP contribution in [-0.4, -0.2) is 44.1 Å². The zero-order valence-electron chi connectivity index (χ0n) is 9.92. The maximum atomic E-state index is 5.93. The van der Waals surface area contributed by atoms with E-state index < -0.39 is 0 Å². The fourth-order valence-electron chi connectivity index (χ4n) is 3.43. The van der Waals surface area contributed by atoms with E-state index in [2.05, 4.69) is 0 Å². The lowest BCUT2D eigenvalue weighted by Crippen LogP contribution is -2.45. The number of rotatable bonds is 0. The van der Waals surface area contributed by atoms with Gasteiger partial charge in [-0.25, -0.2) is 0 Å². The van der Waals surface area contributed by atoms with Crippen LogP contribution in [0.15, 0.2) is 0 Å². The molecule has 0 aromatic rings. The van der Waals surface area contributed by atoms with Gasteiger partial charge in [0.1, 0.15) is 12.4 Å². The van der Waals surface area contributed by atoms with E-state index in [-0.39, 0.29) is 12.4 Å². The van der Waals surface area contributed by atoms with Crippen molar-refractivity contribution in [1.82, 2.24) is 0 Å². The average Bonchev–Trinajstić information content (AvgIpc) is 2.38. The van der Waals surface area contributed by atoms with Gasteiger partial charge in [-0.3, -0.25) is 0 Å². The minimum absolute atomic E-state index is 0.237. The van der Waals surface area contributed by atoms with E-state index in [1.165, 1.54) is 0 Å². The highest BCUT2D eigenvalue weighted by Crippen LogP contribution is 2.34. The van der Waals surface area contributed by atoms with E-state index in [0.717, 1.165) is 38.5 Å². The molecule has 4 nitrogen and oxygen atoms in total. The highest BCUT2D eigenvalue weighted by Gasteiger charge is 2.41. The van der Waals surface area contributed by atoms with Gasteiger partial charge in [0.2, 0.25) is 0 Å². The molecular formula is C12H18BO4. The SMILES string of the molecule is [B]1C2OC3CCC4CC(CCC(C3)O2)OC1O4. The molecular weight excluding hydrogens is 219 g/mol. The molecule has 4 unspecified atom stereocenters. The lowest BCUT2D eigenvalue weighted by Gasteiger charge is -2.36. The summed E-state index contributed by atoms with van der Waals surface area (Å²) < 4.78 is 23.7. The van der Waals surface area contributed by atoms with E-state index in [9.17, 15) is 0 Å². The molecule has 4 aliphatic heterocycles. The van der Waals surface area contributed by atoms with Crippen LogP contribution in [0.25, 0.3) is 0 Å². The highest BCUT2D eigenvalue weighted by molar-refractivity contribution is 6.37. The van der Waals surface area contributed by atoms with Crippen LogP contribution in [0.4, 0.5) is 0 Å². The van der Waals surface area contributed by atoms with Gasteiger partial charge in [-0.05, 0) is 38.5 Å². The minimum atomic E-state index is -0.237. The standard InChI is InChI=1S/C12H18BO4/c1-2-8-6-10-4-3-9-5-7(1)14-11(16-9)13-12(15-8)17-10/h7-12H,1-6H2. The summed E-state index contributed by atoms with van der Waals surface area (Å²) in [5.74, 6) is 0. The Labute approximate surface area is 102 Å². The van der Waals surface area contributed by atoms with Gasteiger partial charge < -0.3 is 18.9 Å². The lowest BCUT2D eigenvalue weighted by atomic mass is 9.75. The van der Waals surface area contributed by atoms with Crippen LogP contribution in [0.1, 0.15) is 38.5 Å². The molecule has 6 bridgehead atoms. The molecule has 0 aliphatic carbocycles. The van der Waals surface area contributed by atoms with E-state index >= 15 is 0 Å². The third-order valence-electron chi connectivity index (χ3n) is 4.29. The molecule has 0 amide bonds. The van der Waals surface area contributed by atoms with Crippen LogP contribution in [0, 0.1) is 0 Å². The number of fused-ring (bicyclic) bond motifs is 4. The maximum Gasteiger partial charge on any atom is 0.261 e. The quantitative estimate of drug-likeness (QED) is 0.593. The zero-order chi connectivity index (χ0) is 11.2. The van der Waals surface area contributed by atoms with Crippen molar-refractivity contribution in [3.63, 3.8) is 0 Å². The molecule has 0 aromatic carbocycles. The first-order valence-corrected chi connectivity index (χ1v) is 6.82. The van der Waals surface area contributed by atoms with Gasteiger partial charge in [-0.2, -0.15) is 0 Å². The van der Waals surface area contributed by atoms with Crippen molar-refractivity contribution in [2.45, 2.75) is 75.3 Å². The van der Waals surface area contributed by atoms with Gasteiger partial charge in [0.05, 0.1) is 24.4 Å². The molecule has 0 N–H and O–H groups in total. The number of ether oxygens (including phenoxy) is 4. The average molecular weight is 237 g/mol. The molecule has 4 fully saturated rings. The van der Waals surface area contributed by atoms with Crippen molar-refractivity contribution < 1.29 is 18.9 Å². The lowest BCUT2D eigenvalue weighted by molar-refractivity contribution is -0.210. The van der Waals surface area contributed by atoms with E-state index in [0.29, 0.717) is 24.4 Å². The van der Waals surface area contributed by atoms with Crippen LogP contribution >= 0.6 is 0 Å². The Balaban J connectivity index is 1.66. The molecule has 4 atom stereocenters. The highest BCUT2D eigenvalue weighted by atomic mass is 16.7. The minimum Gasteiger partial charge on any atom is -0.358 e. The maximum absolute atomic E-state index is 5.93. The Morgan fingerprint density at radius 2 is 0.941 bits per heavy atom. The van der Waals surface area contributed by atoms with Crippen LogP contribution in [0.5, 0.6) is 0 Å². The van der Waals surface area contributed by atoms with Crippen molar-refractivity contribution in [3.8, 4) is 0 Å². The van der Waals surface area contributed by atoms with Crippen LogP contribution < -0.4 is 0 Å². The third-order valence-corrected chi connectivity index (χ3v) is 4.29. The van der Waals surface area contributed by atoms with Crippen molar-refractivity contribution in [2.75, 3.05) is 0 Å². The predicted molar refractivity (Wildman–Crippen MR) is 60.5 cm³/mol. The molecule has 1 radical (unpaired) electrons. The van der Waals surface area contributed by atoms with Crippen molar-refractivity contribution in [1.29, 1.82) is 0 Å². The fraction of sp³-hybridized carbons (Fsp3) is 1.00. The largest absolute Gasteiger partial charge is 0.358 e. The van der Waals surface area contributed by atoms with E-state index in [1.807, 2.05) is 7.28 Å². The molecule has 4 aliphatic rings. The van der Waals surface area contributed by atoms with Gasteiger partial charge >= 0.3 is 0 Å². The normalized spacial score (nSPS) is 53.2. The molecule has 0 saturated carbocycles. The van der Waals surface area contributed by atoms with E-state index in [4.69, 9.17) is 18.9 Å². The van der Waals surface area contributed by atoms with Crippen LogP contribution in [-0.2, 0) is 18.9 Å². The summed E-state index contributed by atoms with van der Waals surface area (Å²) in [4.78, 5) is 0.